The summed E-state index contributed by atoms with van der Waals surface area (Å²) in [6.45, 7) is 5.53. The predicted molar refractivity (Wildman–Crippen MR) is 105 cm³/mol. The molecule has 2 amide bonds. The van der Waals surface area contributed by atoms with Crippen LogP contribution in [-0.2, 0) is 16.1 Å². The van der Waals surface area contributed by atoms with Gasteiger partial charge in [0.1, 0.15) is 0 Å². The van der Waals surface area contributed by atoms with Crippen molar-refractivity contribution in [3.05, 3.63) is 57.3 Å². The number of aryl methyl sites for hydroxylation is 2. The summed E-state index contributed by atoms with van der Waals surface area (Å²) >= 11 is 1.62. The number of thiophene rings is 1. The lowest BCUT2D eigenvalue weighted by Crippen LogP contribution is -2.37. The van der Waals surface area contributed by atoms with Crippen LogP contribution in [0.25, 0.3) is 0 Å². The van der Waals surface area contributed by atoms with Gasteiger partial charge in [0.15, 0.2) is 0 Å². The highest BCUT2D eigenvalue weighted by Gasteiger charge is 2.50. The summed E-state index contributed by atoms with van der Waals surface area (Å²) in [4.78, 5) is 28.9. The Balaban J connectivity index is 1.49. The SMILES string of the molecule is Cc1cc(C)cc(C(=O)N2C[C@H](C(=O)NCc3cccs3)[C@H]3OCC[C@H]32)c1. The molecule has 27 heavy (non-hydrogen) atoms. The van der Waals surface area contributed by atoms with E-state index in [4.69, 9.17) is 4.74 Å². The van der Waals surface area contributed by atoms with Crippen molar-refractivity contribution < 1.29 is 14.3 Å². The summed E-state index contributed by atoms with van der Waals surface area (Å²) in [6.07, 6.45) is 0.582. The molecule has 3 heterocycles. The molecule has 1 aromatic carbocycles. The standard InChI is InChI=1S/C21H24N2O3S/c1-13-8-14(2)10-15(9-13)21(25)23-12-17(19-18(23)5-6-26-19)20(24)22-11-16-4-3-7-27-16/h3-4,7-10,17-19H,5-6,11-12H2,1-2H3,(H,22,24)/t17-,18+,19+/m0/s1. The number of benzene rings is 1. The van der Waals surface area contributed by atoms with Gasteiger partial charge in [0, 0.05) is 23.6 Å². The molecular weight excluding hydrogens is 360 g/mol. The van der Waals surface area contributed by atoms with E-state index in [2.05, 4.69) is 11.4 Å². The normalized spacial score (nSPS) is 24.1. The molecule has 0 spiro atoms. The van der Waals surface area contributed by atoms with Crippen LogP contribution >= 0.6 is 11.3 Å². The van der Waals surface area contributed by atoms with Gasteiger partial charge in [-0.25, -0.2) is 0 Å². The Morgan fingerprint density at radius 1 is 1.26 bits per heavy atom. The lowest BCUT2D eigenvalue weighted by atomic mass is 10.0. The van der Waals surface area contributed by atoms with Gasteiger partial charge in [-0.05, 0) is 43.8 Å². The van der Waals surface area contributed by atoms with E-state index in [1.807, 2.05) is 48.4 Å². The van der Waals surface area contributed by atoms with Crippen molar-refractivity contribution in [2.24, 2.45) is 5.92 Å². The van der Waals surface area contributed by atoms with E-state index in [-0.39, 0.29) is 29.9 Å². The lowest BCUT2D eigenvalue weighted by molar-refractivity contribution is -0.127. The second kappa shape index (κ2) is 7.44. The minimum Gasteiger partial charge on any atom is -0.375 e. The zero-order valence-corrected chi connectivity index (χ0v) is 16.4. The molecule has 0 bridgehead atoms. The number of carbonyl (C=O) groups excluding carboxylic acids is 2. The monoisotopic (exact) mass is 384 g/mol. The maximum atomic E-state index is 13.1. The van der Waals surface area contributed by atoms with Gasteiger partial charge >= 0.3 is 0 Å². The van der Waals surface area contributed by atoms with Gasteiger partial charge in [-0.15, -0.1) is 11.3 Å². The Kier molecular flexibility index (Phi) is 5.02. The molecule has 0 radical (unpaired) electrons. The smallest absolute Gasteiger partial charge is 0.254 e. The fourth-order valence-electron chi connectivity index (χ4n) is 4.22. The Morgan fingerprint density at radius 2 is 2.04 bits per heavy atom. The third kappa shape index (κ3) is 3.64. The van der Waals surface area contributed by atoms with Crippen LogP contribution in [0.2, 0.25) is 0 Å². The number of ether oxygens (including phenoxy) is 1. The fourth-order valence-corrected chi connectivity index (χ4v) is 4.86. The number of rotatable bonds is 4. The number of nitrogens with one attached hydrogen (secondary N) is 1. The van der Waals surface area contributed by atoms with Crippen LogP contribution in [0.5, 0.6) is 0 Å². The molecule has 3 atom stereocenters. The van der Waals surface area contributed by atoms with Crippen LogP contribution in [0.3, 0.4) is 0 Å². The number of likely N-dealkylation sites (tertiary alicyclic amines) is 1. The van der Waals surface area contributed by atoms with E-state index in [1.165, 1.54) is 0 Å². The minimum atomic E-state index is -0.313. The number of carbonyl (C=O) groups is 2. The zero-order chi connectivity index (χ0) is 19.0. The molecule has 5 nitrogen and oxygen atoms in total. The highest BCUT2D eigenvalue weighted by atomic mass is 32.1. The summed E-state index contributed by atoms with van der Waals surface area (Å²) < 4.78 is 5.86. The first-order valence-corrected chi connectivity index (χ1v) is 10.2. The number of hydrogen-bond donors (Lipinski definition) is 1. The van der Waals surface area contributed by atoms with Crippen molar-refractivity contribution >= 4 is 23.2 Å². The molecule has 0 aliphatic carbocycles. The van der Waals surface area contributed by atoms with Crippen LogP contribution < -0.4 is 5.32 Å². The third-order valence-corrected chi connectivity index (χ3v) is 6.25. The lowest BCUT2D eigenvalue weighted by Gasteiger charge is -2.23. The first kappa shape index (κ1) is 18.2. The summed E-state index contributed by atoms with van der Waals surface area (Å²) in [5, 5.41) is 5.01. The largest absolute Gasteiger partial charge is 0.375 e. The number of hydrogen-bond acceptors (Lipinski definition) is 4. The van der Waals surface area contributed by atoms with Crippen molar-refractivity contribution in [3.8, 4) is 0 Å². The molecule has 1 N–H and O–H groups in total. The molecule has 4 rings (SSSR count). The topological polar surface area (TPSA) is 58.6 Å². The molecule has 2 fully saturated rings. The Bertz CT molecular complexity index is 829. The van der Waals surface area contributed by atoms with Crippen molar-refractivity contribution in [1.29, 1.82) is 0 Å². The zero-order valence-electron chi connectivity index (χ0n) is 15.6. The van der Waals surface area contributed by atoms with E-state index in [0.717, 1.165) is 22.4 Å². The molecule has 0 unspecified atom stereocenters. The average Bonchev–Trinajstić information content (AvgIpc) is 3.35. The molecule has 1 aromatic heterocycles. The minimum absolute atomic E-state index is 0.00384. The van der Waals surface area contributed by atoms with Crippen LogP contribution in [0.1, 0.15) is 32.8 Å². The number of nitrogens with zero attached hydrogens (tertiary/aromatic N) is 1. The molecule has 0 saturated carbocycles. The van der Waals surface area contributed by atoms with E-state index < -0.39 is 0 Å². The quantitative estimate of drug-likeness (QED) is 0.882. The van der Waals surface area contributed by atoms with Crippen LogP contribution in [0.4, 0.5) is 0 Å². The van der Waals surface area contributed by atoms with Gasteiger partial charge in [-0.3, -0.25) is 9.59 Å². The third-order valence-electron chi connectivity index (χ3n) is 5.38. The maximum Gasteiger partial charge on any atom is 0.254 e. The van der Waals surface area contributed by atoms with Crippen LogP contribution in [0, 0.1) is 19.8 Å². The Hall–Kier alpha value is -2.18. The van der Waals surface area contributed by atoms with E-state index in [9.17, 15) is 9.59 Å². The predicted octanol–water partition coefficient (Wildman–Crippen LogP) is 2.91. The maximum absolute atomic E-state index is 13.1. The second-order valence-electron chi connectivity index (χ2n) is 7.43. The van der Waals surface area contributed by atoms with Gasteiger partial charge in [0.2, 0.25) is 5.91 Å². The Labute approximate surface area is 163 Å². The van der Waals surface area contributed by atoms with Gasteiger partial charge in [0.05, 0.1) is 24.6 Å². The van der Waals surface area contributed by atoms with Crippen molar-refractivity contribution in [3.63, 3.8) is 0 Å². The van der Waals surface area contributed by atoms with Gasteiger partial charge < -0.3 is 15.0 Å². The Morgan fingerprint density at radius 3 is 2.74 bits per heavy atom. The van der Waals surface area contributed by atoms with Crippen LogP contribution in [0.15, 0.2) is 35.7 Å². The summed E-state index contributed by atoms with van der Waals surface area (Å²) in [5.41, 5.74) is 2.84. The first-order valence-electron chi connectivity index (χ1n) is 9.34. The summed E-state index contributed by atoms with van der Waals surface area (Å²) in [5.74, 6) is -0.348. The fraction of sp³-hybridized carbons (Fsp3) is 0.429. The highest BCUT2D eigenvalue weighted by Crippen LogP contribution is 2.35. The molecule has 142 valence electrons. The summed E-state index contributed by atoms with van der Waals surface area (Å²) in [6, 6.07) is 9.86. The van der Waals surface area contributed by atoms with E-state index >= 15 is 0 Å². The number of amides is 2. The van der Waals surface area contributed by atoms with E-state index in [1.54, 1.807) is 11.3 Å². The van der Waals surface area contributed by atoms with Gasteiger partial charge in [-0.2, -0.15) is 0 Å². The first-order chi connectivity index (χ1) is 13.0. The molecule has 2 aliphatic rings. The molecule has 6 heteroatoms. The molecular formula is C21H24N2O3S. The van der Waals surface area contributed by atoms with Crippen molar-refractivity contribution in [2.75, 3.05) is 13.2 Å². The average molecular weight is 385 g/mol. The van der Waals surface area contributed by atoms with Crippen molar-refractivity contribution in [2.45, 2.75) is 39.0 Å². The van der Waals surface area contributed by atoms with Gasteiger partial charge in [-0.1, -0.05) is 23.3 Å². The number of fused-ring (bicyclic) bond motifs is 1. The van der Waals surface area contributed by atoms with Gasteiger partial charge in [0.25, 0.3) is 5.91 Å². The molecule has 2 aromatic rings. The highest BCUT2D eigenvalue weighted by molar-refractivity contribution is 7.09. The van der Waals surface area contributed by atoms with E-state index in [0.29, 0.717) is 25.3 Å². The molecule has 2 saturated heterocycles. The molecule has 2 aliphatic heterocycles. The van der Waals surface area contributed by atoms with Crippen LogP contribution in [-0.4, -0.2) is 42.0 Å². The van der Waals surface area contributed by atoms with Crippen molar-refractivity contribution in [1.82, 2.24) is 10.2 Å². The second-order valence-corrected chi connectivity index (χ2v) is 8.46. The summed E-state index contributed by atoms with van der Waals surface area (Å²) in [7, 11) is 0.